The molecule has 2 saturated heterocycles. The molecule has 0 spiro atoms. The Balaban J connectivity index is 1.87. The second-order valence-corrected chi connectivity index (χ2v) is 6.44. The first kappa shape index (κ1) is 15.7. The molecule has 5 nitrogen and oxygen atoms in total. The van der Waals surface area contributed by atoms with E-state index in [2.05, 4.69) is 19.2 Å². The minimum atomic E-state index is -0.426. The molecule has 2 aliphatic rings. The number of hydrogen-bond acceptors (Lipinski definition) is 4. The number of amides is 1. The Hall–Kier alpha value is -0.650. The fraction of sp³-hybridized carbons (Fsp3) is 0.933. The molecule has 2 heterocycles. The first-order valence-corrected chi connectivity index (χ1v) is 7.77. The van der Waals surface area contributed by atoms with Crippen LogP contribution < -0.4 is 11.1 Å². The summed E-state index contributed by atoms with van der Waals surface area (Å²) < 4.78 is 11.1. The number of carbonyl (C=O) groups excluding carboxylic acids is 1. The van der Waals surface area contributed by atoms with Gasteiger partial charge in [0, 0.05) is 38.8 Å². The van der Waals surface area contributed by atoms with E-state index in [0.717, 1.165) is 25.9 Å². The summed E-state index contributed by atoms with van der Waals surface area (Å²) in [5.74, 6) is 1.01. The summed E-state index contributed by atoms with van der Waals surface area (Å²) in [4.78, 5) is 12.5. The molecule has 0 aromatic rings. The van der Waals surface area contributed by atoms with Crippen LogP contribution in [0.3, 0.4) is 0 Å². The summed E-state index contributed by atoms with van der Waals surface area (Å²) >= 11 is 0. The fourth-order valence-corrected chi connectivity index (χ4v) is 3.31. The molecule has 2 aliphatic heterocycles. The van der Waals surface area contributed by atoms with Crippen molar-refractivity contribution in [3.05, 3.63) is 0 Å². The Bertz CT molecular complexity index is 327. The lowest BCUT2D eigenvalue weighted by molar-refractivity contribution is -0.136. The van der Waals surface area contributed by atoms with E-state index in [4.69, 9.17) is 15.2 Å². The van der Waals surface area contributed by atoms with E-state index in [0.29, 0.717) is 38.1 Å². The third-order valence-corrected chi connectivity index (χ3v) is 4.77. The maximum Gasteiger partial charge on any atom is 0.227 e. The van der Waals surface area contributed by atoms with Gasteiger partial charge in [-0.3, -0.25) is 4.79 Å². The summed E-state index contributed by atoms with van der Waals surface area (Å²) in [6.07, 6.45) is 2.75. The highest BCUT2D eigenvalue weighted by Crippen LogP contribution is 2.30. The van der Waals surface area contributed by atoms with Gasteiger partial charge >= 0.3 is 0 Å². The average molecular weight is 284 g/mol. The van der Waals surface area contributed by atoms with Crippen LogP contribution >= 0.6 is 0 Å². The van der Waals surface area contributed by atoms with Crippen molar-refractivity contribution in [3.63, 3.8) is 0 Å². The molecule has 5 heteroatoms. The van der Waals surface area contributed by atoms with E-state index in [1.165, 1.54) is 0 Å². The second-order valence-electron chi connectivity index (χ2n) is 6.44. The van der Waals surface area contributed by atoms with Crippen LogP contribution in [0.2, 0.25) is 0 Å². The van der Waals surface area contributed by atoms with Gasteiger partial charge in [-0.05, 0) is 25.2 Å². The van der Waals surface area contributed by atoms with E-state index in [1.54, 1.807) is 0 Å². The van der Waals surface area contributed by atoms with Crippen molar-refractivity contribution in [1.82, 2.24) is 5.32 Å². The third kappa shape index (κ3) is 3.32. The molecule has 2 unspecified atom stereocenters. The van der Waals surface area contributed by atoms with Crippen molar-refractivity contribution in [3.8, 4) is 0 Å². The van der Waals surface area contributed by atoms with Gasteiger partial charge in [-0.25, -0.2) is 0 Å². The van der Waals surface area contributed by atoms with Crippen LogP contribution in [0.5, 0.6) is 0 Å². The number of hydrogen-bond donors (Lipinski definition) is 2. The van der Waals surface area contributed by atoms with Gasteiger partial charge in [0.1, 0.15) is 0 Å². The van der Waals surface area contributed by atoms with Crippen LogP contribution in [-0.2, 0) is 14.3 Å². The molecule has 2 atom stereocenters. The average Bonchev–Trinajstić information content (AvgIpc) is 2.94. The SMILES string of the molecule is CC(C)C1OCCC1CNC(=O)C1(CN)CCOCC1. The van der Waals surface area contributed by atoms with E-state index < -0.39 is 5.41 Å². The fourth-order valence-electron chi connectivity index (χ4n) is 3.31. The molecule has 0 bridgehead atoms. The van der Waals surface area contributed by atoms with Gasteiger partial charge < -0.3 is 20.5 Å². The van der Waals surface area contributed by atoms with Gasteiger partial charge in [0.05, 0.1) is 11.5 Å². The first-order chi connectivity index (χ1) is 9.59. The lowest BCUT2D eigenvalue weighted by Gasteiger charge is -2.35. The number of nitrogens with one attached hydrogen (secondary N) is 1. The summed E-state index contributed by atoms with van der Waals surface area (Å²) in [7, 11) is 0. The van der Waals surface area contributed by atoms with Crippen LogP contribution in [-0.4, -0.2) is 44.9 Å². The summed E-state index contributed by atoms with van der Waals surface area (Å²) in [5.41, 5.74) is 5.43. The van der Waals surface area contributed by atoms with Crippen LogP contribution in [0, 0.1) is 17.3 Å². The highest BCUT2D eigenvalue weighted by molar-refractivity contribution is 5.83. The van der Waals surface area contributed by atoms with Crippen molar-refractivity contribution >= 4 is 5.91 Å². The van der Waals surface area contributed by atoms with Crippen molar-refractivity contribution < 1.29 is 14.3 Å². The topological polar surface area (TPSA) is 73.6 Å². The number of ether oxygens (including phenoxy) is 2. The molecule has 2 fully saturated rings. The van der Waals surface area contributed by atoms with E-state index in [1.807, 2.05) is 0 Å². The quantitative estimate of drug-likeness (QED) is 0.787. The van der Waals surface area contributed by atoms with Crippen molar-refractivity contribution in [2.45, 2.75) is 39.2 Å². The standard InChI is InChI=1S/C15H28N2O3/c1-11(2)13-12(3-6-20-13)9-17-14(18)15(10-16)4-7-19-8-5-15/h11-13H,3-10,16H2,1-2H3,(H,17,18). The lowest BCUT2D eigenvalue weighted by Crippen LogP contribution is -2.50. The van der Waals surface area contributed by atoms with Crippen LogP contribution in [0.15, 0.2) is 0 Å². The highest BCUT2D eigenvalue weighted by Gasteiger charge is 2.39. The molecule has 0 aromatic heterocycles. The maximum absolute atomic E-state index is 12.5. The zero-order chi connectivity index (χ0) is 14.6. The Morgan fingerprint density at radius 3 is 2.65 bits per heavy atom. The Labute approximate surface area is 121 Å². The van der Waals surface area contributed by atoms with Crippen molar-refractivity contribution in [1.29, 1.82) is 0 Å². The minimum absolute atomic E-state index is 0.0951. The van der Waals surface area contributed by atoms with E-state index in [-0.39, 0.29) is 12.0 Å². The van der Waals surface area contributed by atoms with Gasteiger partial charge in [-0.1, -0.05) is 13.8 Å². The van der Waals surface area contributed by atoms with Crippen molar-refractivity contribution in [2.24, 2.45) is 23.0 Å². The zero-order valence-corrected chi connectivity index (χ0v) is 12.7. The molecule has 20 heavy (non-hydrogen) atoms. The van der Waals surface area contributed by atoms with Crippen LogP contribution in [0.25, 0.3) is 0 Å². The first-order valence-electron chi connectivity index (χ1n) is 7.77. The van der Waals surface area contributed by atoms with E-state index in [9.17, 15) is 4.79 Å². The monoisotopic (exact) mass is 284 g/mol. The van der Waals surface area contributed by atoms with Crippen molar-refractivity contribution in [2.75, 3.05) is 32.9 Å². The Morgan fingerprint density at radius 2 is 2.05 bits per heavy atom. The zero-order valence-electron chi connectivity index (χ0n) is 12.7. The predicted octanol–water partition coefficient (Wildman–Crippen LogP) is 0.919. The molecule has 3 N–H and O–H groups in total. The van der Waals surface area contributed by atoms with Crippen LogP contribution in [0.1, 0.15) is 33.1 Å². The van der Waals surface area contributed by atoms with Gasteiger partial charge in [0.25, 0.3) is 0 Å². The van der Waals surface area contributed by atoms with Crippen LogP contribution in [0.4, 0.5) is 0 Å². The highest BCUT2D eigenvalue weighted by atomic mass is 16.5. The van der Waals surface area contributed by atoms with Gasteiger partial charge in [-0.2, -0.15) is 0 Å². The number of rotatable bonds is 5. The molecule has 1 amide bonds. The van der Waals surface area contributed by atoms with Gasteiger partial charge in [0.15, 0.2) is 0 Å². The Kier molecular flexibility index (Phi) is 5.41. The molecule has 116 valence electrons. The molecule has 0 aliphatic carbocycles. The third-order valence-electron chi connectivity index (χ3n) is 4.77. The molecule has 0 radical (unpaired) electrons. The molecule has 0 aromatic carbocycles. The summed E-state index contributed by atoms with van der Waals surface area (Å²) in [5, 5.41) is 3.12. The summed E-state index contributed by atoms with van der Waals surface area (Å²) in [6, 6.07) is 0. The lowest BCUT2D eigenvalue weighted by atomic mass is 9.79. The largest absolute Gasteiger partial charge is 0.381 e. The summed E-state index contributed by atoms with van der Waals surface area (Å²) in [6.45, 7) is 7.51. The predicted molar refractivity (Wildman–Crippen MR) is 77.2 cm³/mol. The minimum Gasteiger partial charge on any atom is -0.381 e. The molecular weight excluding hydrogens is 256 g/mol. The normalized spacial score (nSPS) is 29.6. The Morgan fingerprint density at radius 1 is 1.35 bits per heavy atom. The molecule has 2 rings (SSSR count). The maximum atomic E-state index is 12.5. The number of nitrogens with two attached hydrogens (primary N) is 1. The number of carbonyl (C=O) groups is 1. The van der Waals surface area contributed by atoms with Gasteiger partial charge in [-0.15, -0.1) is 0 Å². The van der Waals surface area contributed by atoms with Gasteiger partial charge in [0.2, 0.25) is 5.91 Å². The van der Waals surface area contributed by atoms with E-state index >= 15 is 0 Å². The molecular formula is C15H28N2O3. The molecule has 0 saturated carbocycles. The second kappa shape index (κ2) is 6.87. The smallest absolute Gasteiger partial charge is 0.227 e.